The van der Waals surface area contributed by atoms with Crippen LogP contribution in [0.15, 0.2) is 174 Å². The maximum atomic E-state index is 9.75. The Labute approximate surface area is 372 Å². The van der Waals surface area contributed by atoms with E-state index in [1.54, 1.807) is 0 Å². The SMILES string of the molecule is Cc1cc(C)c2c(c1)oc(=S)c1ccc3ccccc3c12.F[B-](F)(F)F.[CH]1[CH][CH][CH][CH]1.[Ru+2].c1ccc(P(CCP(c2ccccc2)c2ccccc2)c2ccccc2)cc1. The van der Waals surface area contributed by atoms with Gasteiger partial charge < -0.3 is 21.7 Å². The van der Waals surface area contributed by atoms with Crippen LogP contribution in [-0.4, -0.2) is 19.6 Å². The number of halogens is 4. The quantitative estimate of drug-likeness (QED) is 0.0519. The van der Waals surface area contributed by atoms with E-state index in [4.69, 9.17) is 16.6 Å². The third-order valence-corrected chi connectivity index (χ3v) is 15.1. The third kappa shape index (κ3) is 13.5. The van der Waals surface area contributed by atoms with Gasteiger partial charge in [-0.05, 0) is 142 Å². The minimum absolute atomic E-state index is 0. The van der Waals surface area contributed by atoms with Gasteiger partial charge in [-0.3, -0.25) is 0 Å². The summed E-state index contributed by atoms with van der Waals surface area (Å²) in [5.41, 5.74) is 3.30. The van der Waals surface area contributed by atoms with E-state index < -0.39 is 7.25 Å². The van der Waals surface area contributed by atoms with Gasteiger partial charge in [-0.2, -0.15) is 0 Å². The Morgan fingerprint density at radius 2 is 0.867 bits per heavy atom. The third-order valence-electron chi connectivity index (χ3n) is 9.42. The predicted molar refractivity (Wildman–Crippen MR) is 251 cm³/mol. The van der Waals surface area contributed by atoms with Gasteiger partial charge in [0.05, 0.1) is 0 Å². The van der Waals surface area contributed by atoms with Crippen molar-refractivity contribution in [2.45, 2.75) is 13.8 Å². The van der Waals surface area contributed by atoms with E-state index in [1.165, 1.54) is 66.2 Å². The Morgan fingerprint density at radius 1 is 0.483 bits per heavy atom. The van der Waals surface area contributed by atoms with E-state index in [1.807, 2.05) is 32.1 Å². The molecule has 0 saturated heterocycles. The smallest absolute Gasteiger partial charge is 0.445 e. The van der Waals surface area contributed by atoms with Crippen molar-refractivity contribution < 1.29 is 41.2 Å². The van der Waals surface area contributed by atoms with E-state index >= 15 is 0 Å². The average Bonchev–Trinajstić information content (AvgIpc) is 3.84. The zero-order valence-electron chi connectivity index (χ0n) is 33.1. The second kappa shape index (κ2) is 23.3. The molecular weight excluding hydrogens is 898 g/mol. The van der Waals surface area contributed by atoms with Crippen molar-refractivity contribution in [3.8, 4) is 0 Å². The second-order valence-electron chi connectivity index (χ2n) is 13.7. The summed E-state index contributed by atoms with van der Waals surface area (Å²) in [4.78, 5) is 0. The summed E-state index contributed by atoms with van der Waals surface area (Å²) in [6.07, 6.45) is 12.4. The molecule has 0 N–H and O–H groups in total. The Balaban J connectivity index is 0.000000186. The fourth-order valence-electron chi connectivity index (χ4n) is 6.96. The van der Waals surface area contributed by atoms with Crippen molar-refractivity contribution in [1.29, 1.82) is 0 Å². The molecule has 10 heteroatoms. The van der Waals surface area contributed by atoms with Gasteiger partial charge in [0.15, 0.2) is 4.71 Å². The molecule has 1 nitrogen and oxygen atoms in total. The molecule has 0 aliphatic heterocycles. The first kappa shape index (κ1) is 47.0. The Bertz CT molecular complexity index is 2420. The summed E-state index contributed by atoms with van der Waals surface area (Å²) < 4.78 is 45.5. The van der Waals surface area contributed by atoms with Crippen LogP contribution in [0.4, 0.5) is 17.3 Å². The first-order chi connectivity index (χ1) is 28.6. The molecule has 5 radical (unpaired) electrons. The normalized spacial score (nSPS) is 12.2. The molecule has 1 aliphatic rings. The van der Waals surface area contributed by atoms with Gasteiger partial charge in [-0.1, -0.05) is 158 Å². The van der Waals surface area contributed by atoms with Gasteiger partial charge >= 0.3 is 26.7 Å². The molecule has 0 bridgehead atoms. The number of benzene rings is 7. The molecular formula is C50H43BF4OP2RuS+. The van der Waals surface area contributed by atoms with E-state index in [2.05, 4.69) is 184 Å². The summed E-state index contributed by atoms with van der Waals surface area (Å²) in [7, 11) is -6.70. The molecule has 0 amide bonds. The van der Waals surface area contributed by atoms with Crippen molar-refractivity contribution in [1.82, 2.24) is 0 Å². The van der Waals surface area contributed by atoms with E-state index in [9.17, 15) is 17.3 Å². The van der Waals surface area contributed by atoms with Gasteiger partial charge in [0.1, 0.15) is 5.58 Å². The van der Waals surface area contributed by atoms with Crippen LogP contribution in [0.5, 0.6) is 0 Å². The number of hydrogen-bond donors (Lipinski definition) is 0. The summed E-state index contributed by atoms with van der Waals surface area (Å²) in [6, 6.07) is 61.1. The van der Waals surface area contributed by atoms with Crippen molar-refractivity contribution in [2.75, 3.05) is 12.3 Å². The minimum atomic E-state index is -6.00. The molecule has 9 rings (SSSR count). The van der Waals surface area contributed by atoms with Crippen molar-refractivity contribution in [3.05, 3.63) is 218 Å². The zero-order chi connectivity index (χ0) is 41.6. The van der Waals surface area contributed by atoms with Crippen LogP contribution in [0, 0.1) is 50.7 Å². The molecule has 0 atom stereocenters. The van der Waals surface area contributed by atoms with Crippen LogP contribution in [-0.2, 0) is 19.5 Å². The molecule has 1 aromatic heterocycles. The van der Waals surface area contributed by atoms with Crippen molar-refractivity contribution >= 4 is 89.0 Å². The summed E-state index contributed by atoms with van der Waals surface area (Å²) in [5, 5.41) is 11.7. The maximum absolute atomic E-state index is 9.75. The van der Waals surface area contributed by atoms with Gasteiger partial charge in [-0.25, -0.2) is 0 Å². The molecule has 303 valence electrons. The molecule has 0 unspecified atom stereocenters. The first-order valence-electron chi connectivity index (χ1n) is 19.2. The fraction of sp³-hybridized carbons (Fsp3) is 0.0800. The molecule has 8 aromatic rings. The van der Waals surface area contributed by atoms with Crippen molar-refractivity contribution in [3.63, 3.8) is 0 Å². The number of fused-ring (bicyclic) bond motifs is 5. The van der Waals surface area contributed by atoms with E-state index in [0.29, 0.717) is 4.71 Å². The Morgan fingerprint density at radius 3 is 1.28 bits per heavy atom. The van der Waals surface area contributed by atoms with Crippen LogP contribution in [0.2, 0.25) is 0 Å². The van der Waals surface area contributed by atoms with E-state index in [-0.39, 0.29) is 35.3 Å². The topological polar surface area (TPSA) is 13.1 Å². The van der Waals surface area contributed by atoms with E-state index in [0.717, 1.165) is 11.0 Å². The maximum Gasteiger partial charge on any atom is 2.00 e. The summed E-state index contributed by atoms with van der Waals surface area (Å²) >= 11 is 5.46. The average molecular weight is 942 g/mol. The van der Waals surface area contributed by atoms with Crippen LogP contribution in [0.1, 0.15) is 11.1 Å². The van der Waals surface area contributed by atoms with Gasteiger partial charge in [0, 0.05) is 16.2 Å². The molecule has 7 aromatic carbocycles. The van der Waals surface area contributed by atoms with Gasteiger partial charge in [0.25, 0.3) is 0 Å². The van der Waals surface area contributed by atoms with Crippen LogP contribution < -0.4 is 21.2 Å². The van der Waals surface area contributed by atoms with Crippen LogP contribution in [0.3, 0.4) is 0 Å². The number of hydrogen-bond acceptors (Lipinski definition) is 2. The molecule has 0 spiro atoms. The summed E-state index contributed by atoms with van der Waals surface area (Å²) in [5.74, 6) is 0. The Hall–Kier alpha value is -4.04. The number of rotatable bonds is 7. The van der Waals surface area contributed by atoms with Gasteiger partial charge in [0.2, 0.25) is 0 Å². The largest absolute Gasteiger partial charge is 2.00 e. The first-order valence-corrected chi connectivity index (χ1v) is 22.7. The fourth-order valence-corrected chi connectivity index (χ4v) is 12.6. The molecule has 1 aliphatic carbocycles. The molecule has 60 heavy (non-hydrogen) atoms. The zero-order valence-corrected chi connectivity index (χ0v) is 37.5. The predicted octanol–water partition coefficient (Wildman–Crippen LogP) is 13.7. The monoisotopic (exact) mass is 942 g/mol. The number of aryl methyl sites for hydroxylation is 2. The molecule has 1 saturated carbocycles. The Kier molecular flexibility index (Phi) is 18.2. The standard InChI is InChI=1S/C26H24P2.C19H14OS.C5H5.BF4.Ru/c1-5-13-23(14-6-1)27(24-15-7-2-8-16-24)21-22-28(25-17-9-3-10-18-25)26-19-11-4-12-20-26;1-11-9-12(2)17-16(10-11)20-19(21)15-8-7-13-5-3-4-6-14(13)18(15)17;1-2-4-5-3-1;2-1(3,4)5;/h1-20H,21-22H2;3-10H,1-2H3;1-5H;;/q;;;-1;+2. The molecule has 1 fully saturated rings. The molecule has 1 heterocycles. The van der Waals surface area contributed by atoms with Crippen LogP contribution in [0.25, 0.3) is 32.5 Å². The second-order valence-corrected chi connectivity index (χ2v) is 18.7. The van der Waals surface area contributed by atoms with Crippen LogP contribution >= 0.6 is 28.1 Å². The minimum Gasteiger partial charge on any atom is -0.445 e. The van der Waals surface area contributed by atoms with Gasteiger partial charge in [-0.15, -0.1) is 0 Å². The van der Waals surface area contributed by atoms with Crippen molar-refractivity contribution in [2.24, 2.45) is 0 Å². The summed E-state index contributed by atoms with van der Waals surface area (Å²) in [6.45, 7) is 4.22.